The molecule has 4 nitrogen and oxygen atoms in total. The molecule has 2 rings (SSSR count). The Morgan fingerprint density at radius 2 is 1.59 bits per heavy atom. The summed E-state index contributed by atoms with van der Waals surface area (Å²) in [6.45, 7) is 4.09. The van der Waals surface area contributed by atoms with Crippen LogP contribution < -0.4 is 5.32 Å². The lowest BCUT2D eigenvalue weighted by molar-refractivity contribution is 0.182. The topological polar surface area (TPSA) is 35.6 Å². The predicted octanol–water partition coefficient (Wildman–Crippen LogP) is 1.67. The van der Waals surface area contributed by atoms with Gasteiger partial charge in [-0.1, -0.05) is 12.8 Å². The lowest BCUT2D eigenvalue weighted by Crippen LogP contribution is -2.48. The van der Waals surface area contributed by atoms with E-state index in [0.717, 1.165) is 39.0 Å². The Balaban J connectivity index is 1.75. The lowest BCUT2D eigenvalue weighted by Gasteiger charge is -2.31. The molecule has 0 aliphatic carbocycles. The normalized spacial score (nSPS) is 24.4. The number of nitrogens with zero attached hydrogens (tertiary/aromatic N) is 2. The van der Waals surface area contributed by atoms with Crippen molar-refractivity contribution in [2.45, 2.75) is 44.6 Å². The van der Waals surface area contributed by atoms with Crippen LogP contribution in [0.15, 0.2) is 0 Å². The van der Waals surface area contributed by atoms with Crippen LogP contribution in [0.3, 0.4) is 0 Å². The number of rotatable bonds is 1. The Kier molecular flexibility index (Phi) is 4.66. The molecule has 0 radical (unpaired) electrons. The van der Waals surface area contributed by atoms with Gasteiger partial charge in [0.25, 0.3) is 0 Å². The molecule has 0 spiro atoms. The van der Waals surface area contributed by atoms with Gasteiger partial charge in [-0.3, -0.25) is 0 Å². The van der Waals surface area contributed by atoms with E-state index in [9.17, 15) is 4.79 Å². The Labute approximate surface area is 104 Å². The third-order valence-electron chi connectivity index (χ3n) is 3.94. The molecule has 0 saturated carbocycles. The van der Waals surface area contributed by atoms with Gasteiger partial charge in [0.1, 0.15) is 0 Å². The van der Waals surface area contributed by atoms with Crippen LogP contribution in [0.2, 0.25) is 0 Å². The number of hydrogen-bond donors (Lipinski definition) is 1. The van der Waals surface area contributed by atoms with E-state index in [2.05, 4.69) is 17.3 Å². The van der Waals surface area contributed by atoms with Crippen molar-refractivity contribution in [3.63, 3.8) is 0 Å². The molecule has 0 atom stereocenters. The highest BCUT2D eigenvalue weighted by atomic mass is 16.2. The lowest BCUT2D eigenvalue weighted by atomic mass is 10.1. The molecule has 2 fully saturated rings. The highest BCUT2D eigenvalue weighted by Gasteiger charge is 2.21. The Morgan fingerprint density at radius 3 is 2.18 bits per heavy atom. The molecular weight excluding hydrogens is 214 g/mol. The first-order chi connectivity index (χ1) is 8.25. The van der Waals surface area contributed by atoms with E-state index >= 15 is 0 Å². The fourth-order valence-corrected chi connectivity index (χ4v) is 2.69. The first kappa shape index (κ1) is 12.7. The van der Waals surface area contributed by atoms with Gasteiger partial charge in [-0.15, -0.1) is 0 Å². The van der Waals surface area contributed by atoms with Crippen LogP contribution >= 0.6 is 0 Å². The van der Waals surface area contributed by atoms with Gasteiger partial charge in [0.05, 0.1) is 0 Å². The second kappa shape index (κ2) is 6.24. The van der Waals surface area contributed by atoms with Crippen molar-refractivity contribution in [3.05, 3.63) is 0 Å². The minimum atomic E-state index is 0.168. The molecule has 2 aliphatic heterocycles. The monoisotopic (exact) mass is 239 g/mol. The third kappa shape index (κ3) is 3.87. The van der Waals surface area contributed by atoms with Crippen LogP contribution in [0.25, 0.3) is 0 Å². The zero-order valence-corrected chi connectivity index (χ0v) is 11.0. The Hall–Kier alpha value is -0.770. The van der Waals surface area contributed by atoms with Crippen LogP contribution in [0, 0.1) is 0 Å². The van der Waals surface area contributed by atoms with Gasteiger partial charge in [0.2, 0.25) is 0 Å². The Morgan fingerprint density at radius 1 is 1.00 bits per heavy atom. The van der Waals surface area contributed by atoms with E-state index in [-0.39, 0.29) is 6.03 Å². The van der Waals surface area contributed by atoms with Crippen molar-refractivity contribution in [1.82, 2.24) is 15.1 Å². The summed E-state index contributed by atoms with van der Waals surface area (Å²) in [5.74, 6) is 0. The van der Waals surface area contributed by atoms with E-state index in [4.69, 9.17) is 0 Å². The summed E-state index contributed by atoms with van der Waals surface area (Å²) in [5.41, 5.74) is 0. The average molecular weight is 239 g/mol. The zero-order valence-electron chi connectivity index (χ0n) is 11.0. The minimum absolute atomic E-state index is 0.168. The SMILES string of the molecule is CN1CCC(NC(=O)N2CCCCCC2)CC1. The first-order valence-corrected chi connectivity index (χ1v) is 7.00. The molecule has 98 valence electrons. The maximum Gasteiger partial charge on any atom is 0.317 e. The van der Waals surface area contributed by atoms with Crippen molar-refractivity contribution < 1.29 is 4.79 Å². The van der Waals surface area contributed by atoms with E-state index in [1.54, 1.807) is 0 Å². The van der Waals surface area contributed by atoms with E-state index in [0.29, 0.717) is 6.04 Å². The van der Waals surface area contributed by atoms with Crippen LogP contribution in [0.1, 0.15) is 38.5 Å². The van der Waals surface area contributed by atoms with Crippen molar-refractivity contribution in [2.75, 3.05) is 33.2 Å². The van der Waals surface area contributed by atoms with Crippen LogP contribution in [0.5, 0.6) is 0 Å². The van der Waals surface area contributed by atoms with Crippen molar-refractivity contribution in [3.8, 4) is 0 Å². The van der Waals surface area contributed by atoms with Gasteiger partial charge in [-0.25, -0.2) is 4.79 Å². The number of carbonyl (C=O) groups excluding carboxylic acids is 1. The molecule has 2 saturated heterocycles. The number of piperidine rings is 1. The summed E-state index contributed by atoms with van der Waals surface area (Å²) in [4.78, 5) is 16.4. The molecule has 0 bridgehead atoms. The standard InChI is InChI=1S/C13H25N3O/c1-15-10-6-12(7-11-15)14-13(17)16-8-4-2-3-5-9-16/h12H,2-11H2,1H3,(H,14,17). The van der Waals surface area contributed by atoms with E-state index in [1.807, 2.05) is 4.90 Å². The van der Waals surface area contributed by atoms with Crippen molar-refractivity contribution in [2.24, 2.45) is 0 Å². The largest absolute Gasteiger partial charge is 0.335 e. The number of hydrogen-bond acceptors (Lipinski definition) is 2. The summed E-state index contributed by atoms with van der Waals surface area (Å²) in [6, 6.07) is 0.559. The quantitative estimate of drug-likeness (QED) is 0.755. The summed E-state index contributed by atoms with van der Waals surface area (Å²) in [6.07, 6.45) is 7.07. The fraction of sp³-hybridized carbons (Fsp3) is 0.923. The molecule has 0 aromatic rings. The van der Waals surface area contributed by atoms with Gasteiger partial charge >= 0.3 is 6.03 Å². The molecule has 2 heterocycles. The van der Waals surface area contributed by atoms with Crippen LogP contribution in [-0.4, -0.2) is 55.1 Å². The smallest absolute Gasteiger partial charge is 0.317 e. The van der Waals surface area contributed by atoms with Gasteiger partial charge in [0, 0.05) is 19.1 Å². The summed E-state index contributed by atoms with van der Waals surface area (Å²) < 4.78 is 0. The van der Waals surface area contributed by atoms with E-state index < -0.39 is 0 Å². The summed E-state index contributed by atoms with van der Waals surface area (Å²) in [7, 11) is 2.15. The predicted molar refractivity (Wildman–Crippen MR) is 69.1 cm³/mol. The Bertz CT molecular complexity index is 241. The van der Waals surface area contributed by atoms with Gasteiger partial charge < -0.3 is 15.1 Å². The van der Waals surface area contributed by atoms with Crippen LogP contribution in [0.4, 0.5) is 4.79 Å². The molecule has 1 N–H and O–H groups in total. The molecule has 0 aromatic heterocycles. The van der Waals surface area contributed by atoms with Crippen molar-refractivity contribution >= 4 is 6.03 Å². The molecule has 2 amide bonds. The maximum absolute atomic E-state index is 12.1. The average Bonchev–Trinajstić information content (AvgIpc) is 2.61. The molecule has 4 heteroatoms. The van der Waals surface area contributed by atoms with Gasteiger partial charge in [-0.2, -0.15) is 0 Å². The molecule has 17 heavy (non-hydrogen) atoms. The maximum atomic E-state index is 12.1. The first-order valence-electron chi connectivity index (χ1n) is 7.00. The second-order valence-electron chi connectivity index (χ2n) is 5.43. The zero-order chi connectivity index (χ0) is 12.1. The fourth-order valence-electron chi connectivity index (χ4n) is 2.69. The second-order valence-corrected chi connectivity index (χ2v) is 5.43. The highest BCUT2D eigenvalue weighted by Crippen LogP contribution is 2.12. The van der Waals surface area contributed by atoms with Gasteiger partial charge in [0.15, 0.2) is 0 Å². The molecule has 2 aliphatic rings. The minimum Gasteiger partial charge on any atom is -0.335 e. The number of amides is 2. The number of carbonyl (C=O) groups is 1. The molecule has 0 unspecified atom stereocenters. The molecule has 0 aromatic carbocycles. The molecular formula is C13H25N3O. The number of likely N-dealkylation sites (tertiary alicyclic amines) is 2. The summed E-state index contributed by atoms with van der Waals surface area (Å²) in [5, 5.41) is 3.20. The highest BCUT2D eigenvalue weighted by molar-refractivity contribution is 5.74. The third-order valence-corrected chi connectivity index (χ3v) is 3.94. The van der Waals surface area contributed by atoms with Crippen molar-refractivity contribution in [1.29, 1.82) is 0 Å². The van der Waals surface area contributed by atoms with Gasteiger partial charge in [-0.05, 0) is 45.8 Å². The number of urea groups is 1. The summed E-state index contributed by atoms with van der Waals surface area (Å²) >= 11 is 0. The van der Waals surface area contributed by atoms with E-state index in [1.165, 1.54) is 25.7 Å². The number of nitrogens with one attached hydrogen (secondary N) is 1. The van der Waals surface area contributed by atoms with Crippen LogP contribution in [-0.2, 0) is 0 Å².